The van der Waals surface area contributed by atoms with Gasteiger partial charge in [-0.15, -0.1) is 0 Å². The Labute approximate surface area is 238 Å². The summed E-state index contributed by atoms with van der Waals surface area (Å²) < 4.78 is 55.4. The normalized spacial score (nSPS) is 25.4. The molecule has 218 valence electrons. The highest BCUT2D eigenvalue weighted by atomic mass is 35.5. The summed E-state index contributed by atoms with van der Waals surface area (Å²) in [6.07, 6.45) is -0.400. The number of fused-ring (bicyclic) bond motifs is 1. The summed E-state index contributed by atoms with van der Waals surface area (Å²) in [5.74, 6) is 4.10. The van der Waals surface area contributed by atoms with Crippen molar-refractivity contribution in [3.63, 3.8) is 0 Å². The molecule has 0 aliphatic heterocycles. The lowest BCUT2D eigenvalue weighted by Crippen LogP contribution is -2.28. The highest BCUT2D eigenvalue weighted by Crippen LogP contribution is 2.54. The number of carbonyl (C=O) groups excluding carboxylic acids is 1. The average Bonchev–Trinajstić information content (AvgIpc) is 3.61. The topological polar surface area (TPSA) is 105 Å². The van der Waals surface area contributed by atoms with E-state index in [9.17, 15) is 32.6 Å². The standard InChI is InChI=1S/C28H28ClF4N5O3/c1-26(40,25-36-21(13-37(25)2)28(31,32)33)6-7-27(41)11-16-8-15(9-17(16)12-27)22-23(38(3)14-34-22)24(39)35-18-4-5-20(30)19(29)10-18/h4-5,10,13-17,40-41H,8-9,11-12H2,1-3H3,(H,35,39). The van der Waals surface area contributed by atoms with Crippen LogP contribution in [0.25, 0.3) is 0 Å². The molecule has 0 saturated heterocycles. The van der Waals surface area contributed by atoms with Crippen molar-refractivity contribution in [2.45, 2.75) is 55.9 Å². The molecular formula is C28H28ClF4N5O3. The predicted molar refractivity (Wildman–Crippen MR) is 141 cm³/mol. The first-order chi connectivity index (χ1) is 19.1. The summed E-state index contributed by atoms with van der Waals surface area (Å²) in [5.41, 5.74) is -3.23. The van der Waals surface area contributed by atoms with Crippen LogP contribution in [-0.2, 0) is 25.9 Å². The molecule has 13 heteroatoms. The predicted octanol–water partition coefficient (Wildman–Crippen LogP) is 4.76. The summed E-state index contributed by atoms with van der Waals surface area (Å²) in [4.78, 5) is 21.1. The molecule has 0 bridgehead atoms. The van der Waals surface area contributed by atoms with Crippen molar-refractivity contribution < 1.29 is 32.6 Å². The molecule has 8 nitrogen and oxygen atoms in total. The van der Waals surface area contributed by atoms with E-state index in [1.54, 1.807) is 17.9 Å². The van der Waals surface area contributed by atoms with E-state index in [1.807, 2.05) is 0 Å². The van der Waals surface area contributed by atoms with Gasteiger partial charge in [-0.3, -0.25) is 4.79 Å². The van der Waals surface area contributed by atoms with Crippen molar-refractivity contribution in [1.29, 1.82) is 0 Å². The maximum atomic E-state index is 13.5. The smallest absolute Gasteiger partial charge is 0.378 e. The number of benzene rings is 1. The van der Waals surface area contributed by atoms with Gasteiger partial charge >= 0.3 is 6.18 Å². The van der Waals surface area contributed by atoms with Crippen LogP contribution in [0.4, 0.5) is 23.2 Å². The second-order valence-electron chi connectivity index (χ2n) is 11.2. The van der Waals surface area contributed by atoms with Gasteiger partial charge in [0.2, 0.25) is 0 Å². The van der Waals surface area contributed by atoms with Crippen LogP contribution in [0.2, 0.25) is 5.02 Å². The molecule has 2 fully saturated rings. The van der Waals surface area contributed by atoms with E-state index in [4.69, 9.17) is 11.6 Å². The minimum atomic E-state index is -4.67. The number of rotatable bonds is 4. The molecule has 2 aliphatic carbocycles. The minimum Gasteiger partial charge on any atom is -0.378 e. The molecule has 2 aliphatic rings. The Morgan fingerprint density at radius 3 is 2.44 bits per heavy atom. The molecule has 1 amide bonds. The van der Waals surface area contributed by atoms with E-state index < -0.39 is 34.8 Å². The first-order valence-corrected chi connectivity index (χ1v) is 13.3. The molecule has 1 aromatic carbocycles. The molecule has 2 aromatic heterocycles. The Morgan fingerprint density at radius 1 is 1.20 bits per heavy atom. The number of halogens is 5. The van der Waals surface area contributed by atoms with Gasteiger partial charge in [-0.1, -0.05) is 23.4 Å². The van der Waals surface area contributed by atoms with Gasteiger partial charge in [0.25, 0.3) is 5.91 Å². The summed E-state index contributed by atoms with van der Waals surface area (Å²) in [6.45, 7) is 1.24. The monoisotopic (exact) mass is 593 g/mol. The van der Waals surface area contributed by atoms with Crippen LogP contribution in [0.1, 0.15) is 66.2 Å². The number of amides is 1. The fraction of sp³-hybridized carbons (Fsp3) is 0.464. The summed E-state index contributed by atoms with van der Waals surface area (Å²) >= 11 is 5.84. The molecule has 5 rings (SSSR count). The van der Waals surface area contributed by atoms with Gasteiger partial charge in [0.05, 0.1) is 17.0 Å². The Balaban J connectivity index is 1.28. The highest BCUT2D eigenvalue weighted by Gasteiger charge is 2.49. The third-order valence-electron chi connectivity index (χ3n) is 7.93. The van der Waals surface area contributed by atoms with E-state index >= 15 is 0 Å². The molecular weight excluding hydrogens is 566 g/mol. The summed E-state index contributed by atoms with van der Waals surface area (Å²) in [5, 5.41) is 24.7. The van der Waals surface area contributed by atoms with Crippen molar-refractivity contribution in [2.24, 2.45) is 25.9 Å². The molecule has 0 radical (unpaired) electrons. The quantitative estimate of drug-likeness (QED) is 0.299. The lowest BCUT2D eigenvalue weighted by molar-refractivity contribution is -0.141. The van der Waals surface area contributed by atoms with Crippen molar-refractivity contribution >= 4 is 23.2 Å². The number of carbonyl (C=O) groups is 1. The molecule has 3 N–H and O–H groups in total. The average molecular weight is 594 g/mol. The van der Waals surface area contributed by atoms with E-state index in [-0.39, 0.29) is 28.6 Å². The number of anilines is 1. The van der Waals surface area contributed by atoms with Gasteiger partial charge in [-0.25, -0.2) is 14.4 Å². The molecule has 41 heavy (non-hydrogen) atoms. The SMILES string of the molecule is Cn1cc(C(F)(F)F)nc1C(C)(O)C#CC1(O)CC2CC(c3ncn(C)c3C(=O)Nc3ccc(F)c(Cl)c3)CC2C1. The van der Waals surface area contributed by atoms with Crippen LogP contribution in [0, 0.1) is 29.5 Å². The lowest BCUT2D eigenvalue weighted by atomic mass is 9.92. The highest BCUT2D eigenvalue weighted by molar-refractivity contribution is 6.31. The summed E-state index contributed by atoms with van der Waals surface area (Å²) in [7, 11) is 3.04. The van der Waals surface area contributed by atoms with Crippen LogP contribution < -0.4 is 5.32 Å². The largest absolute Gasteiger partial charge is 0.434 e. The number of aliphatic hydroxyl groups is 2. The van der Waals surface area contributed by atoms with Gasteiger partial charge in [-0.2, -0.15) is 13.2 Å². The molecule has 3 aromatic rings. The van der Waals surface area contributed by atoms with Gasteiger partial charge in [0, 0.05) is 31.9 Å². The third kappa shape index (κ3) is 5.71. The second-order valence-corrected chi connectivity index (χ2v) is 11.6. The van der Waals surface area contributed by atoms with E-state index in [0.717, 1.165) is 10.8 Å². The first kappa shape index (κ1) is 29.1. The van der Waals surface area contributed by atoms with Gasteiger partial charge in [0.1, 0.15) is 17.1 Å². The number of aromatic nitrogens is 4. The molecule has 2 saturated carbocycles. The zero-order chi connectivity index (χ0) is 29.9. The number of nitrogens with one attached hydrogen (secondary N) is 1. The molecule has 3 atom stereocenters. The third-order valence-corrected chi connectivity index (χ3v) is 8.22. The van der Waals surface area contributed by atoms with Gasteiger partial charge < -0.3 is 24.7 Å². The number of imidazole rings is 2. The number of alkyl halides is 3. The zero-order valence-electron chi connectivity index (χ0n) is 22.4. The van der Waals surface area contributed by atoms with E-state index in [0.29, 0.717) is 42.8 Å². The Hall–Kier alpha value is -3.40. The van der Waals surface area contributed by atoms with Crippen LogP contribution in [0.5, 0.6) is 0 Å². The van der Waals surface area contributed by atoms with Crippen molar-refractivity contribution in [3.05, 3.63) is 64.5 Å². The van der Waals surface area contributed by atoms with Crippen molar-refractivity contribution in [1.82, 2.24) is 19.1 Å². The van der Waals surface area contributed by atoms with Crippen molar-refractivity contribution in [3.8, 4) is 11.8 Å². The Morgan fingerprint density at radius 2 is 1.85 bits per heavy atom. The van der Waals surface area contributed by atoms with E-state index in [1.165, 1.54) is 32.2 Å². The Bertz CT molecular complexity index is 1550. The van der Waals surface area contributed by atoms with Crippen LogP contribution in [0.3, 0.4) is 0 Å². The van der Waals surface area contributed by atoms with Crippen LogP contribution in [0.15, 0.2) is 30.7 Å². The van der Waals surface area contributed by atoms with Crippen LogP contribution in [-0.4, -0.2) is 40.8 Å². The first-order valence-electron chi connectivity index (χ1n) is 12.9. The summed E-state index contributed by atoms with van der Waals surface area (Å²) in [6, 6.07) is 3.91. The number of hydrogen-bond donors (Lipinski definition) is 3. The fourth-order valence-electron chi connectivity index (χ4n) is 6.13. The zero-order valence-corrected chi connectivity index (χ0v) is 23.2. The van der Waals surface area contributed by atoms with Crippen LogP contribution >= 0.6 is 11.6 Å². The van der Waals surface area contributed by atoms with E-state index in [2.05, 4.69) is 27.1 Å². The lowest BCUT2D eigenvalue weighted by Gasteiger charge is -2.21. The maximum absolute atomic E-state index is 13.5. The maximum Gasteiger partial charge on any atom is 0.434 e. The van der Waals surface area contributed by atoms with Gasteiger partial charge in [0.15, 0.2) is 17.1 Å². The number of hydrogen-bond acceptors (Lipinski definition) is 5. The van der Waals surface area contributed by atoms with Gasteiger partial charge in [-0.05, 0) is 62.6 Å². The minimum absolute atomic E-state index is 0.0438. The molecule has 3 unspecified atom stereocenters. The van der Waals surface area contributed by atoms with Crippen molar-refractivity contribution in [2.75, 3.05) is 5.32 Å². The number of aryl methyl sites for hydroxylation is 2. The second kappa shape index (κ2) is 10.2. The molecule has 0 spiro atoms. The Kier molecular flexibility index (Phi) is 7.21. The number of nitrogens with zero attached hydrogens (tertiary/aromatic N) is 4. The fourth-order valence-corrected chi connectivity index (χ4v) is 6.31. The molecule has 2 heterocycles.